The lowest BCUT2D eigenvalue weighted by Crippen LogP contribution is -2.23. The van der Waals surface area contributed by atoms with Gasteiger partial charge in [-0.25, -0.2) is 20.5 Å². The monoisotopic (exact) mass is 413 g/mol. The molecule has 1 amide bonds. The molecule has 0 aliphatic rings. The quantitative estimate of drug-likeness (QED) is 0.383. The van der Waals surface area contributed by atoms with Crippen molar-refractivity contribution >= 4 is 28.7 Å². The third kappa shape index (κ3) is 4.30. The highest BCUT2D eigenvalue weighted by Crippen LogP contribution is 2.17. The maximum Gasteiger partial charge on any atom is 0.292 e. The SMILES string of the molecule is CN(C)c1ccc(/C=N/NC(=O)c2n[nH]c(=O)c3nc(-c4ccccc4)ncc23)cc1. The minimum absolute atomic E-state index is 0.0192. The number of carbonyl (C=O) groups excluding carboxylic acids is 1. The number of fused-ring (bicyclic) bond motifs is 1. The number of aromatic nitrogens is 4. The number of benzene rings is 2. The number of rotatable bonds is 5. The van der Waals surface area contributed by atoms with Crippen molar-refractivity contribution in [2.45, 2.75) is 0 Å². The van der Waals surface area contributed by atoms with Crippen molar-refractivity contribution in [3.63, 3.8) is 0 Å². The molecule has 0 radical (unpaired) electrons. The molecule has 0 spiro atoms. The molecule has 0 saturated heterocycles. The molecule has 2 aromatic heterocycles. The van der Waals surface area contributed by atoms with E-state index in [0.29, 0.717) is 5.82 Å². The van der Waals surface area contributed by atoms with E-state index in [2.05, 4.69) is 30.7 Å². The maximum absolute atomic E-state index is 12.6. The Morgan fingerprint density at radius 2 is 1.84 bits per heavy atom. The van der Waals surface area contributed by atoms with Gasteiger partial charge in [0, 0.05) is 31.5 Å². The van der Waals surface area contributed by atoms with Crippen molar-refractivity contribution in [2.24, 2.45) is 5.10 Å². The molecule has 9 heteroatoms. The van der Waals surface area contributed by atoms with Gasteiger partial charge < -0.3 is 4.90 Å². The maximum atomic E-state index is 12.6. The highest BCUT2D eigenvalue weighted by Gasteiger charge is 2.16. The largest absolute Gasteiger partial charge is 0.378 e. The second-order valence-corrected chi connectivity index (χ2v) is 6.91. The normalized spacial score (nSPS) is 11.0. The van der Waals surface area contributed by atoms with E-state index in [1.807, 2.05) is 73.6 Å². The van der Waals surface area contributed by atoms with Crippen LogP contribution in [-0.4, -0.2) is 46.4 Å². The van der Waals surface area contributed by atoms with Gasteiger partial charge in [0.2, 0.25) is 0 Å². The van der Waals surface area contributed by atoms with Crippen LogP contribution >= 0.6 is 0 Å². The van der Waals surface area contributed by atoms with Gasteiger partial charge >= 0.3 is 0 Å². The Kier molecular flexibility index (Phi) is 5.48. The number of amides is 1. The lowest BCUT2D eigenvalue weighted by Gasteiger charge is -2.11. The fourth-order valence-electron chi connectivity index (χ4n) is 2.92. The fraction of sp³-hybridized carbons (Fsp3) is 0.0909. The molecule has 2 N–H and O–H groups in total. The van der Waals surface area contributed by atoms with E-state index in [9.17, 15) is 9.59 Å². The average molecular weight is 413 g/mol. The van der Waals surface area contributed by atoms with Gasteiger partial charge in [-0.1, -0.05) is 42.5 Å². The summed E-state index contributed by atoms with van der Waals surface area (Å²) in [6, 6.07) is 16.9. The lowest BCUT2D eigenvalue weighted by molar-refractivity contribution is 0.0951. The molecule has 0 saturated carbocycles. The van der Waals surface area contributed by atoms with Gasteiger partial charge in [0.05, 0.1) is 11.6 Å². The minimum atomic E-state index is -0.585. The predicted molar refractivity (Wildman–Crippen MR) is 119 cm³/mol. The van der Waals surface area contributed by atoms with Crippen molar-refractivity contribution in [1.29, 1.82) is 0 Å². The van der Waals surface area contributed by atoms with E-state index in [1.54, 1.807) is 0 Å². The third-order valence-electron chi connectivity index (χ3n) is 4.56. The molecular formula is C22H19N7O2. The smallest absolute Gasteiger partial charge is 0.292 e. The van der Waals surface area contributed by atoms with E-state index in [0.717, 1.165) is 16.8 Å². The van der Waals surface area contributed by atoms with Crippen molar-refractivity contribution in [3.8, 4) is 11.4 Å². The molecule has 0 unspecified atom stereocenters. The van der Waals surface area contributed by atoms with Crippen LogP contribution in [0.25, 0.3) is 22.3 Å². The Morgan fingerprint density at radius 1 is 1.10 bits per heavy atom. The first kappa shape index (κ1) is 19.9. The van der Waals surface area contributed by atoms with E-state index in [4.69, 9.17) is 0 Å². The summed E-state index contributed by atoms with van der Waals surface area (Å²) in [6.07, 6.45) is 2.95. The van der Waals surface area contributed by atoms with Crippen LogP contribution in [0.15, 0.2) is 70.7 Å². The molecular weight excluding hydrogens is 394 g/mol. The Balaban J connectivity index is 1.58. The molecule has 4 rings (SSSR count). The van der Waals surface area contributed by atoms with Crippen molar-refractivity contribution < 1.29 is 4.79 Å². The van der Waals surface area contributed by atoms with Crippen LogP contribution in [0, 0.1) is 0 Å². The van der Waals surface area contributed by atoms with Gasteiger partial charge in [0.1, 0.15) is 5.52 Å². The molecule has 0 aliphatic carbocycles. The van der Waals surface area contributed by atoms with E-state index < -0.39 is 11.5 Å². The first-order chi connectivity index (χ1) is 15.0. The summed E-state index contributed by atoms with van der Waals surface area (Å²) in [5.41, 5.74) is 4.62. The zero-order valence-corrected chi connectivity index (χ0v) is 16.9. The summed E-state index contributed by atoms with van der Waals surface area (Å²) in [4.78, 5) is 35.4. The summed E-state index contributed by atoms with van der Waals surface area (Å²) < 4.78 is 0. The molecule has 0 aliphatic heterocycles. The molecule has 0 atom stereocenters. The predicted octanol–water partition coefficient (Wildman–Crippen LogP) is 2.21. The first-order valence-electron chi connectivity index (χ1n) is 9.44. The molecule has 4 aromatic rings. The Labute approximate surface area is 177 Å². The zero-order valence-electron chi connectivity index (χ0n) is 16.9. The Bertz CT molecular complexity index is 1310. The molecule has 0 fully saturated rings. The second kappa shape index (κ2) is 8.54. The molecule has 9 nitrogen and oxygen atoms in total. The van der Waals surface area contributed by atoms with Crippen molar-refractivity contribution in [2.75, 3.05) is 19.0 Å². The number of hydrogen-bond acceptors (Lipinski definition) is 7. The van der Waals surface area contributed by atoms with Crippen molar-refractivity contribution in [3.05, 3.63) is 82.4 Å². The van der Waals surface area contributed by atoms with E-state index in [-0.39, 0.29) is 16.6 Å². The summed E-state index contributed by atoms with van der Waals surface area (Å²) in [5, 5.41) is 10.4. The number of anilines is 1. The van der Waals surface area contributed by atoms with Crippen molar-refractivity contribution in [1.82, 2.24) is 25.6 Å². The lowest BCUT2D eigenvalue weighted by atomic mass is 10.2. The van der Waals surface area contributed by atoms with Gasteiger partial charge in [0.15, 0.2) is 11.5 Å². The second-order valence-electron chi connectivity index (χ2n) is 6.91. The van der Waals surface area contributed by atoms with Crippen LogP contribution in [0.2, 0.25) is 0 Å². The van der Waals surface area contributed by atoms with E-state index >= 15 is 0 Å². The van der Waals surface area contributed by atoms with Gasteiger partial charge in [-0.05, 0) is 17.7 Å². The third-order valence-corrected chi connectivity index (χ3v) is 4.56. The number of carbonyl (C=O) groups is 1. The van der Waals surface area contributed by atoms with Crippen LogP contribution < -0.4 is 15.9 Å². The summed E-state index contributed by atoms with van der Waals surface area (Å²) >= 11 is 0. The number of hydrogen-bond donors (Lipinski definition) is 2. The van der Waals surface area contributed by atoms with Crippen LogP contribution in [0.1, 0.15) is 16.1 Å². The van der Waals surface area contributed by atoms with Crippen LogP contribution in [0.3, 0.4) is 0 Å². The summed E-state index contributed by atoms with van der Waals surface area (Å²) in [5.74, 6) is -0.200. The van der Waals surface area contributed by atoms with E-state index in [1.165, 1.54) is 12.4 Å². The molecule has 31 heavy (non-hydrogen) atoms. The molecule has 2 aromatic carbocycles. The highest BCUT2D eigenvalue weighted by molar-refractivity contribution is 6.04. The minimum Gasteiger partial charge on any atom is -0.378 e. The van der Waals surface area contributed by atoms with Gasteiger partial charge in [-0.3, -0.25) is 9.59 Å². The summed E-state index contributed by atoms with van der Waals surface area (Å²) in [6.45, 7) is 0. The molecule has 0 bridgehead atoms. The number of H-pyrrole nitrogens is 1. The van der Waals surface area contributed by atoms with Crippen LogP contribution in [0.4, 0.5) is 5.69 Å². The van der Waals surface area contributed by atoms with Gasteiger partial charge in [0.25, 0.3) is 11.5 Å². The fourth-order valence-corrected chi connectivity index (χ4v) is 2.92. The number of nitrogens with zero attached hydrogens (tertiary/aromatic N) is 5. The van der Waals surface area contributed by atoms with Crippen LogP contribution in [0.5, 0.6) is 0 Å². The average Bonchev–Trinajstić information content (AvgIpc) is 2.80. The topological polar surface area (TPSA) is 116 Å². The highest BCUT2D eigenvalue weighted by atomic mass is 16.2. The number of nitrogens with one attached hydrogen (secondary N) is 2. The van der Waals surface area contributed by atoms with Gasteiger partial charge in [-0.2, -0.15) is 10.2 Å². The number of aromatic amines is 1. The Morgan fingerprint density at radius 3 is 2.55 bits per heavy atom. The Hall–Kier alpha value is -4.40. The molecule has 154 valence electrons. The summed E-state index contributed by atoms with van der Waals surface area (Å²) in [7, 11) is 3.91. The zero-order chi connectivity index (χ0) is 21.8. The first-order valence-corrected chi connectivity index (χ1v) is 9.44. The standard InChI is InChI=1S/C22H19N7O2/c1-29(2)16-10-8-14(9-11-16)12-24-27-22(31)19-17-13-23-20(15-6-4-3-5-7-15)25-18(17)21(30)28-26-19/h3-13H,1-2H3,(H,27,31)(H,28,30)/b24-12+. The molecule has 2 heterocycles. The van der Waals surface area contributed by atoms with Crippen LogP contribution in [-0.2, 0) is 0 Å². The number of hydrazone groups is 1. The van der Waals surface area contributed by atoms with Gasteiger partial charge in [-0.15, -0.1) is 0 Å².